The number of carbonyl (C=O) groups excluding carboxylic acids is 1. The summed E-state index contributed by atoms with van der Waals surface area (Å²) >= 11 is 1.20. The number of aliphatic hydroxyl groups excluding tert-OH is 1. The van der Waals surface area contributed by atoms with E-state index in [0.29, 0.717) is 30.5 Å². The van der Waals surface area contributed by atoms with Crippen LogP contribution in [-0.2, 0) is 0 Å². The molecule has 7 nitrogen and oxygen atoms in total. The van der Waals surface area contributed by atoms with Crippen LogP contribution in [0.2, 0.25) is 0 Å². The van der Waals surface area contributed by atoms with Gasteiger partial charge in [0.1, 0.15) is 18.5 Å². The Labute approximate surface area is 189 Å². The molecule has 0 spiro atoms. The lowest BCUT2D eigenvalue weighted by atomic mass is 10.0. The van der Waals surface area contributed by atoms with Crippen LogP contribution in [0.1, 0.15) is 64.4 Å². The van der Waals surface area contributed by atoms with Crippen molar-refractivity contribution in [2.24, 2.45) is 5.92 Å². The number of β-amino-alcohol motifs (C(OH)–C–C–N with tert-alkyl or cyclic N) is 1. The maximum Gasteiger partial charge on any atom is 0.273 e. The van der Waals surface area contributed by atoms with Crippen LogP contribution < -0.4 is 15.4 Å². The van der Waals surface area contributed by atoms with Crippen molar-refractivity contribution in [1.29, 1.82) is 0 Å². The van der Waals surface area contributed by atoms with Crippen LogP contribution in [0.25, 0.3) is 10.4 Å². The fourth-order valence-electron chi connectivity index (χ4n) is 2.85. The quantitative estimate of drug-likeness (QED) is 0.426. The van der Waals surface area contributed by atoms with Crippen LogP contribution in [0.4, 0.5) is 0 Å². The number of aliphatic hydroxyl groups is 1. The van der Waals surface area contributed by atoms with Gasteiger partial charge < -0.3 is 20.5 Å². The molecular weight excluding hydrogens is 412 g/mol. The van der Waals surface area contributed by atoms with Gasteiger partial charge in [-0.3, -0.25) is 4.79 Å². The van der Waals surface area contributed by atoms with Crippen LogP contribution >= 0.6 is 11.5 Å². The molecule has 1 aromatic heterocycles. The summed E-state index contributed by atoms with van der Waals surface area (Å²) in [5.74, 6) is 1.14. The summed E-state index contributed by atoms with van der Waals surface area (Å²) in [5.41, 5.74) is 1.16. The normalized spacial score (nSPS) is 13.6. The van der Waals surface area contributed by atoms with Crippen molar-refractivity contribution in [2.45, 2.75) is 65.5 Å². The van der Waals surface area contributed by atoms with Gasteiger partial charge in [-0.25, -0.2) is 0 Å². The highest BCUT2D eigenvalue weighted by Gasteiger charge is 2.18. The lowest BCUT2D eigenvalue weighted by Gasteiger charge is -2.23. The van der Waals surface area contributed by atoms with Crippen molar-refractivity contribution in [3.63, 3.8) is 0 Å². The second kappa shape index (κ2) is 12.1. The fraction of sp³-hybridized carbons (Fsp3) is 0.609. The SMILES string of the molecule is CCC(C)CCCNC(=O)c1nnsc1-c1ccc(OCC(O)CNC(C)(C)C)cc1. The van der Waals surface area contributed by atoms with Crippen molar-refractivity contribution in [1.82, 2.24) is 20.2 Å². The van der Waals surface area contributed by atoms with Gasteiger partial charge in [-0.05, 0) is 80.9 Å². The molecule has 3 N–H and O–H groups in total. The van der Waals surface area contributed by atoms with Crippen molar-refractivity contribution in [3.8, 4) is 16.2 Å². The Morgan fingerprint density at radius 1 is 1.26 bits per heavy atom. The minimum Gasteiger partial charge on any atom is -0.491 e. The van der Waals surface area contributed by atoms with Gasteiger partial charge >= 0.3 is 0 Å². The molecule has 2 rings (SSSR count). The molecule has 2 atom stereocenters. The zero-order chi connectivity index (χ0) is 22.9. The van der Waals surface area contributed by atoms with Crippen molar-refractivity contribution < 1.29 is 14.6 Å². The highest BCUT2D eigenvalue weighted by Crippen LogP contribution is 2.28. The maximum absolute atomic E-state index is 12.5. The summed E-state index contributed by atoms with van der Waals surface area (Å²) in [6.07, 6.45) is 2.61. The molecule has 2 aromatic rings. The first-order valence-corrected chi connectivity index (χ1v) is 11.7. The lowest BCUT2D eigenvalue weighted by Crippen LogP contribution is -2.42. The molecular formula is C23H36N4O3S. The Bertz CT molecular complexity index is 802. The number of rotatable bonds is 12. The van der Waals surface area contributed by atoms with Gasteiger partial charge in [0.15, 0.2) is 5.69 Å². The fourth-order valence-corrected chi connectivity index (χ4v) is 3.51. The second-order valence-electron chi connectivity index (χ2n) is 8.98. The van der Waals surface area contributed by atoms with E-state index in [2.05, 4.69) is 54.8 Å². The molecule has 1 aromatic carbocycles. The monoisotopic (exact) mass is 448 g/mol. The third kappa shape index (κ3) is 8.93. The van der Waals surface area contributed by atoms with Crippen molar-refractivity contribution in [3.05, 3.63) is 30.0 Å². The molecule has 0 aliphatic rings. The smallest absolute Gasteiger partial charge is 0.273 e. The molecule has 1 heterocycles. The summed E-state index contributed by atoms with van der Waals surface area (Å²) < 4.78 is 9.65. The number of amides is 1. The number of nitrogens with zero attached hydrogens (tertiary/aromatic N) is 2. The third-order valence-electron chi connectivity index (χ3n) is 4.99. The molecule has 0 bridgehead atoms. The largest absolute Gasteiger partial charge is 0.491 e. The molecule has 172 valence electrons. The highest BCUT2D eigenvalue weighted by molar-refractivity contribution is 7.09. The van der Waals surface area contributed by atoms with Gasteiger partial charge in [-0.15, -0.1) is 5.10 Å². The summed E-state index contributed by atoms with van der Waals surface area (Å²) in [5, 5.41) is 20.3. The molecule has 31 heavy (non-hydrogen) atoms. The Balaban J connectivity index is 1.88. The number of carbonyl (C=O) groups is 1. The number of hydrogen-bond donors (Lipinski definition) is 3. The standard InChI is InChI=1S/C23H36N4O3S/c1-6-16(2)8-7-13-24-22(29)20-21(31-27-26-20)17-9-11-19(12-10-17)30-15-18(28)14-25-23(3,4)5/h9-12,16,18,25,28H,6-8,13-15H2,1-5H3,(H,24,29). The predicted octanol–water partition coefficient (Wildman–Crippen LogP) is 3.89. The Morgan fingerprint density at radius 3 is 2.61 bits per heavy atom. The molecule has 2 unspecified atom stereocenters. The average molecular weight is 449 g/mol. The first kappa shape index (κ1) is 25.2. The summed E-state index contributed by atoms with van der Waals surface area (Å²) in [6, 6.07) is 7.41. The summed E-state index contributed by atoms with van der Waals surface area (Å²) in [6.45, 7) is 11.9. The van der Waals surface area contributed by atoms with E-state index in [1.54, 1.807) is 0 Å². The van der Waals surface area contributed by atoms with E-state index < -0.39 is 6.10 Å². The first-order valence-electron chi connectivity index (χ1n) is 11.0. The Morgan fingerprint density at radius 2 is 1.97 bits per heavy atom. The van der Waals surface area contributed by atoms with Gasteiger partial charge in [0.05, 0.1) is 4.88 Å². The molecule has 0 fully saturated rings. The van der Waals surface area contributed by atoms with Crippen molar-refractivity contribution >= 4 is 17.4 Å². The number of aromatic nitrogens is 2. The number of nitrogens with one attached hydrogen (secondary N) is 2. The van der Waals surface area contributed by atoms with E-state index in [1.807, 2.05) is 24.3 Å². The van der Waals surface area contributed by atoms with Crippen LogP contribution in [0, 0.1) is 5.92 Å². The molecule has 8 heteroatoms. The van der Waals surface area contributed by atoms with E-state index in [0.717, 1.165) is 29.7 Å². The zero-order valence-electron chi connectivity index (χ0n) is 19.3. The van der Waals surface area contributed by atoms with Crippen LogP contribution in [0.5, 0.6) is 5.75 Å². The molecule has 1 amide bonds. The molecule has 0 saturated carbocycles. The number of benzene rings is 1. The second-order valence-corrected chi connectivity index (χ2v) is 9.74. The minimum absolute atomic E-state index is 0.0522. The van der Waals surface area contributed by atoms with Gasteiger partial charge in [0.25, 0.3) is 5.91 Å². The topological polar surface area (TPSA) is 96.4 Å². The predicted molar refractivity (Wildman–Crippen MR) is 126 cm³/mol. The number of ether oxygens (including phenoxy) is 1. The van der Waals surface area contributed by atoms with Gasteiger partial charge in [0.2, 0.25) is 0 Å². The van der Waals surface area contributed by atoms with E-state index in [9.17, 15) is 9.90 Å². The maximum atomic E-state index is 12.5. The molecule has 0 aliphatic heterocycles. The van der Waals surface area contributed by atoms with Gasteiger partial charge in [0, 0.05) is 18.6 Å². The van der Waals surface area contributed by atoms with E-state index in [4.69, 9.17) is 4.74 Å². The van der Waals surface area contributed by atoms with Crippen LogP contribution in [0.3, 0.4) is 0 Å². The highest BCUT2D eigenvalue weighted by atomic mass is 32.1. The Kier molecular flexibility index (Phi) is 9.87. The van der Waals surface area contributed by atoms with E-state index in [-0.39, 0.29) is 18.1 Å². The van der Waals surface area contributed by atoms with Crippen molar-refractivity contribution in [2.75, 3.05) is 19.7 Å². The molecule has 0 radical (unpaired) electrons. The first-order chi connectivity index (χ1) is 14.7. The van der Waals surface area contributed by atoms with Crippen LogP contribution in [-0.4, -0.2) is 51.9 Å². The molecule has 0 aliphatic carbocycles. The summed E-state index contributed by atoms with van der Waals surface area (Å²) in [4.78, 5) is 13.3. The number of hydrogen-bond acceptors (Lipinski definition) is 7. The lowest BCUT2D eigenvalue weighted by molar-refractivity contribution is 0.0948. The zero-order valence-corrected chi connectivity index (χ0v) is 20.1. The van der Waals surface area contributed by atoms with Gasteiger partial charge in [-0.2, -0.15) is 0 Å². The van der Waals surface area contributed by atoms with Gasteiger partial charge in [-0.1, -0.05) is 24.8 Å². The van der Waals surface area contributed by atoms with E-state index in [1.165, 1.54) is 11.5 Å². The minimum atomic E-state index is -0.597. The third-order valence-corrected chi connectivity index (χ3v) is 5.76. The van der Waals surface area contributed by atoms with E-state index >= 15 is 0 Å². The average Bonchev–Trinajstić information content (AvgIpc) is 3.23. The Hall–Kier alpha value is -2.03. The molecule has 0 saturated heterocycles. The van der Waals surface area contributed by atoms with Crippen LogP contribution in [0.15, 0.2) is 24.3 Å². The summed E-state index contributed by atoms with van der Waals surface area (Å²) in [7, 11) is 0.